The first-order chi connectivity index (χ1) is 13.5. The maximum absolute atomic E-state index is 12.6. The molecular formula is C19H18N4O4S. The van der Waals surface area contributed by atoms with Crippen molar-refractivity contribution in [2.24, 2.45) is 0 Å². The Balaban J connectivity index is 1.60. The number of anilines is 2. The zero-order chi connectivity index (χ0) is 19.7. The lowest BCUT2D eigenvalue weighted by Crippen LogP contribution is -2.36. The molecule has 0 unspecified atom stereocenters. The summed E-state index contributed by atoms with van der Waals surface area (Å²) >= 11 is 1.37. The Kier molecular flexibility index (Phi) is 4.93. The fourth-order valence-electron chi connectivity index (χ4n) is 3.19. The number of nitrogens with one attached hydrogen (secondary N) is 1. The molecule has 1 saturated heterocycles. The SMILES string of the molecule is Cc1cccc2sc(NC(=O)c3ccc(N4CCOCC4)c([N+](=O)[O-])c3)nc12. The van der Waals surface area contributed by atoms with Crippen molar-refractivity contribution >= 4 is 44.0 Å². The number of ether oxygens (including phenoxy) is 1. The van der Waals surface area contributed by atoms with Gasteiger partial charge in [0.2, 0.25) is 0 Å². The van der Waals surface area contributed by atoms with Gasteiger partial charge in [0, 0.05) is 24.7 Å². The molecule has 0 aliphatic carbocycles. The average Bonchev–Trinajstić information content (AvgIpc) is 3.12. The monoisotopic (exact) mass is 398 g/mol. The standard InChI is InChI=1S/C19H18N4O4S/c1-12-3-2-4-16-17(12)20-19(28-16)21-18(24)13-5-6-14(15(11-13)23(25)26)22-7-9-27-10-8-22/h2-6,11H,7-10H2,1H3,(H,20,21,24). The summed E-state index contributed by atoms with van der Waals surface area (Å²) in [6.45, 7) is 4.17. The molecular weight excluding hydrogens is 380 g/mol. The normalized spacial score (nSPS) is 14.2. The van der Waals surface area contributed by atoms with E-state index in [-0.39, 0.29) is 11.3 Å². The van der Waals surface area contributed by atoms with E-state index in [0.29, 0.717) is 37.1 Å². The largest absolute Gasteiger partial charge is 0.378 e. The van der Waals surface area contributed by atoms with Crippen molar-refractivity contribution in [2.75, 3.05) is 36.5 Å². The van der Waals surface area contributed by atoms with Gasteiger partial charge in [0.1, 0.15) is 5.69 Å². The Morgan fingerprint density at radius 2 is 2.07 bits per heavy atom. The minimum atomic E-state index is -0.456. The molecule has 9 heteroatoms. The van der Waals surface area contributed by atoms with Crippen LogP contribution >= 0.6 is 11.3 Å². The third-order valence-electron chi connectivity index (χ3n) is 4.63. The second-order valence-corrected chi connectivity index (χ2v) is 7.49. The Bertz CT molecular complexity index is 1060. The second-order valence-electron chi connectivity index (χ2n) is 6.45. The van der Waals surface area contributed by atoms with Crippen molar-refractivity contribution in [2.45, 2.75) is 6.92 Å². The number of amides is 1. The smallest absolute Gasteiger partial charge is 0.293 e. The number of para-hydroxylation sites is 1. The number of hydrogen-bond acceptors (Lipinski definition) is 7. The van der Waals surface area contributed by atoms with Gasteiger partial charge in [-0.15, -0.1) is 0 Å². The lowest BCUT2D eigenvalue weighted by molar-refractivity contribution is -0.384. The van der Waals surface area contributed by atoms with Crippen LogP contribution in [0.3, 0.4) is 0 Å². The van der Waals surface area contributed by atoms with Crippen LogP contribution in [0.25, 0.3) is 10.2 Å². The highest BCUT2D eigenvalue weighted by molar-refractivity contribution is 7.22. The molecule has 1 aliphatic rings. The number of carbonyl (C=O) groups is 1. The number of carbonyl (C=O) groups excluding carboxylic acids is 1. The number of fused-ring (bicyclic) bond motifs is 1. The number of benzene rings is 2. The first-order valence-electron chi connectivity index (χ1n) is 8.81. The lowest BCUT2D eigenvalue weighted by atomic mass is 10.1. The number of thiazole rings is 1. The zero-order valence-electron chi connectivity index (χ0n) is 15.2. The van der Waals surface area contributed by atoms with Crippen LogP contribution < -0.4 is 10.2 Å². The minimum absolute atomic E-state index is 0.0882. The molecule has 0 radical (unpaired) electrons. The maximum Gasteiger partial charge on any atom is 0.293 e. The number of morpholine rings is 1. The predicted molar refractivity (Wildman–Crippen MR) is 108 cm³/mol. The summed E-state index contributed by atoms with van der Waals surface area (Å²) in [6.07, 6.45) is 0. The van der Waals surface area contributed by atoms with Gasteiger partial charge in [0.25, 0.3) is 11.6 Å². The van der Waals surface area contributed by atoms with Gasteiger partial charge in [-0.25, -0.2) is 4.98 Å². The van der Waals surface area contributed by atoms with Gasteiger partial charge in [-0.3, -0.25) is 20.2 Å². The summed E-state index contributed by atoms with van der Waals surface area (Å²) in [4.78, 5) is 30.1. The van der Waals surface area contributed by atoms with E-state index < -0.39 is 10.8 Å². The van der Waals surface area contributed by atoms with Gasteiger partial charge >= 0.3 is 0 Å². The van der Waals surface area contributed by atoms with Gasteiger partial charge in [-0.2, -0.15) is 0 Å². The Hall–Kier alpha value is -3.04. The zero-order valence-corrected chi connectivity index (χ0v) is 16.0. The number of nitro benzene ring substituents is 1. The van der Waals surface area contributed by atoms with Crippen LogP contribution in [0.4, 0.5) is 16.5 Å². The quantitative estimate of drug-likeness (QED) is 0.533. The summed E-state index contributed by atoms with van der Waals surface area (Å²) in [7, 11) is 0. The van der Waals surface area contributed by atoms with Crippen LogP contribution in [0.5, 0.6) is 0 Å². The van der Waals surface area contributed by atoms with E-state index in [1.165, 1.54) is 17.4 Å². The van der Waals surface area contributed by atoms with E-state index in [9.17, 15) is 14.9 Å². The molecule has 1 aromatic heterocycles. The molecule has 28 heavy (non-hydrogen) atoms. The van der Waals surface area contributed by atoms with E-state index >= 15 is 0 Å². The Morgan fingerprint density at radius 1 is 1.29 bits per heavy atom. The van der Waals surface area contributed by atoms with E-state index in [1.54, 1.807) is 12.1 Å². The number of rotatable bonds is 4. The Labute approximate surface area is 164 Å². The molecule has 1 amide bonds. The third kappa shape index (κ3) is 3.54. The Morgan fingerprint density at radius 3 is 2.79 bits per heavy atom. The highest BCUT2D eigenvalue weighted by atomic mass is 32.1. The molecule has 1 aliphatic heterocycles. The highest BCUT2D eigenvalue weighted by Gasteiger charge is 2.23. The van der Waals surface area contributed by atoms with E-state index in [1.807, 2.05) is 30.0 Å². The molecule has 0 atom stereocenters. The predicted octanol–water partition coefficient (Wildman–Crippen LogP) is 3.60. The topological polar surface area (TPSA) is 97.6 Å². The maximum atomic E-state index is 12.6. The molecule has 0 bridgehead atoms. The highest BCUT2D eigenvalue weighted by Crippen LogP contribution is 2.31. The fraction of sp³-hybridized carbons (Fsp3) is 0.263. The molecule has 144 valence electrons. The van der Waals surface area contributed by atoms with Crippen molar-refractivity contribution < 1.29 is 14.5 Å². The molecule has 0 saturated carbocycles. The number of hydrogen-bond donors (Lipinski definition) is 1. The number of nitro groups is 1. The molecule has 0 spiro atoms. The van der Waals surface area contributed by atoms with Gasteiger partial charge in [-0.05, 0) is 30.7 Å². The van der Waals surface area contributed by atoms with Crippen LogP contribution in [0.15, 0.2) is 36.4 Å². The molecule has 4 rings (SSSR count). The van der Waals surface area contributed by atoms with Crippen LogP contribution in [0.1, 0.15) is 15.9 Å². The van der Waals surface area contributed by atoms with Gasteiger partial charge < -0.3 is 9.64 Å². The average molecular weight is 398 g/mol. The van der Waals surface area contributed by atoms with Crippen molar-refractivity contribution in [1.82, 2.24) is 4.98 Å². The van der Waals surface area contributed by atoms with Crippen LogP contribution in [-0.2, 0) is 4.74 Å². The summed E-state index contributed by atoms with van der Waals surface area (Å²) in [6, 6.07) is 10.4. The van der Waals surface area contributed by atoms with Crippen LogP contribution in [0, 0.1) is 17.0 Å². The van der Waals surface area contributed by atoms with Gasteiger partial charge in [-0.1, -0.05) is 23.5 Å². The second kappa shape index (κ2) is 7.53. The fourth-order valence-corrected chi connectivity index (χ4v) is 4.13. The molecule has 8 nitrogen and oxygen atoms in total. The minimum Gasteiger partial charge on any atom is -0.378 e. The van der Waals surface area contributed by atoms with Crippen molar-refractivity contribution in [1.29, 1.82) is 0 Å². The van der Waals surface area contributed by atoms with E-state index in [4.69, 9.17) is 4.74 Å². The third-order valence-corrected chi connectivity index (χ3v) is 5.56. The van der Waals surface area contributed by atoms with Gasteiger partial charge in [0.15, 0.2) is 5.13 Å². The summed E-state index contributed by atoms with van der Waals surface area (Å²) in [5.74, 6) is -0.423. The number of nitrogens with zero attached hydrogens (tertiary/aromatic N) is 3. The van der Waals surface area contributed by atoms with Gasteiger partial charge in [0.05, 0.1) is 28.4 Å². The molecule has 2 heterocycles. The van der Waals surface area contributed by atoms with Crippen LogP contribution in [-0.4, -0.2) is 42.1 Å². The van der Waals surface area contributed by atoms with Crippen molar-refractivity contribution in [3.8, 4) is 0 Å². The number of aromatic nitrogens is 1. The summed E-state index contributed by atoms with van der Waals surface area (Å²) in [5, 5.41) is 14.8. The van der Waals surface area contributed by atoms with Crippen molar-refractivity contribution in [3.63, 3.8) is 0 Å². The van der Waals surface area contributed by atoms with E-state index in [0.717, 1.165) is 15.8 Å². The first-order valence-corrected chi connectivity index (χ1v) is 9.63. The lowest BCUT2D eigenvalue weighted by Gasteiger charge is -2.28. The molecule has 1 fully saturated rings. The first kappa shape index (κ1) is 18.3. The van der Waals surface area contributed by atoms with Crippen molar-refractivity contribution in [3.05, 3.63) is 57.6 Å². The summed E-state index contributed by atoms with van der Waals surface area (Å²) in [5.41, 5.74) is 2.51. The summed E-state index contributed by atoms with van der Waals surface area (Å²) < 4.78 is 6.28. The molecule has 1 N–H and O–H groups in total. The molecule has 2 aromatic carbocycles. The van der Waals surface area contributed by atoms with E-state index in [2.05, 4.69) is 10.3 Å². The van der Waals surface area contributed by atoms with Crippen LogP contribution in [0.2, 0.25) is 0 Å². The molecule has 3 aromatic rings. The number of aryl methyl sites for hydroxylation is 1.